The van der Waals surface area contributed by atoms with Crippen molar-refractivity contribution in [1.82, 2.24) is 25.5 Å². The first-order chi connectivity index (χ1) is 14.5. The number of nitrogens with zero attached hydrogens (tertiary/aromatic N) is 4. The van der Waals surface area contributed by atoms with E-state index in [2.05, 4.69) is 35.7 Å². The molecule has 1 aliphatic heterocycles. The molecule has 9 nitrogen and oxygen atoms in total. The number of rotatable bonds is 6. The monoisotopic (exact) mass is 411 g/mol. The zero-order chi connectivity index (χ0) is 21.5. The van der Waals surface area contributed by atoms with Gasteiger partial charge in [0.05, 0.1) is 11.9 Å². The highest BCUT2D eigenvalue weighted by atomic mass is 16.2. The Balaban J connectivity index is 1.56. The molecular formula is C21H29N7O2. The second-order valence-electron chi connectivity index (χ2n) is 7.22. The van der Waals surface area contributed by atoms with Gasteiger partial charge in [-0.3, -0.25) is 15.0 Å². The summed E-state index contributed by atoms with van der Waals surface area (Å²) in [7, 11) is 1.60. The van der Waals surface area contributed by atoms with Gasteiger partial charge in [-0.2, -0.15) is 0 Å². The van der Waals surface area contributed by atoms with Gasteiger partial charge in [0, 0.05) is 52.5 Å². The molecule has 3 amide bonds. The standard InChI is InChI=1S/C21H29N7O2/c1-4-23-21(30)26-19-11-16(15(2)12-25-19)14-27-7-9-28(10-8-27)17-5-6-18(24-13-17)20(29)22-3/h5-6,11-13H,4,7-10,14H2,1-3H3,(H,22,29)(H2,23,25,26,30). The number of aryl methyl sites for hydroxylation is 1. The fraction of sp³-hybridized carbons (Fsp3) is 0.429. The zero-order valence-electron chi connectivity index (χ0n) is 17.7. The molecule has 0 atom stereocenters. The van der Waals surface area contributed by atoms with E-state index in [0.717, 1.165) is 49.5 Å². The van der Waals surface area contributed by atoms with Crippen LogP contribution in [0.25, 0.3) is 0 Å². The zero-order valence-corrected chi connectivity index (χ0v) is 17.7. The van der Waals surface area contributed by atoms with E-state index in [0.29, 0.717) is 18.1 Å². The third-order valence-corrected chi connectivity index (χ3v) is 5.13. The normalized spacial score (nSPS) is 14.3. The summed E-state index contributed by atoms with van der Waals surface area (Å²) in [5.41, 5.74) is 3.70. The third-order valence-electron chi connectivity index (χ3n) is 5.13. The van der Waals surface area contributed by atoms with Crippen molar-refractivity contribution in [3.63, 3.8) is 0 Å². The minimum absolute atomic E-state index is 0.180. The number of nitrogens with one attached hydrogen (secondary N) is 3. The summed E-state index contributed by atoms with van der Waals surface area (Å²) in [5, 5.41) is 8.06. The summed E-state index contributed by atoms with van der Waals surface area (Å²) in [6.45, 7) is 8.88. The Hall–Kier alpha value is -3.20. The molecule has 30 heavy (non-hydrogen) atoms. The number of anilines is 2. The largest absolute Gasteiger partial charge is 0.368 e. The van der Waals surface area contributed by atoms with Crippen LogP contribution in [0.2, 0.25) is 0 Å². The predicted octanol–water partition coefficient (Wildman–Crippen LogP) is 1.61. The Bertz CT molecular complexity index is 877. The quantitative estimate of drug-likeness (QED) is 0.667. The number of hydrogen-bond acceptors (Lipinski definition) is 6. The molecule has 2 aromatic rings. The molecule has 0 saturated carbocycles. The van der Waals surface area contributed by atoms with Crippen molar-refractivity contribution in [2.24, 2.45) is 0 Å². The summed E-state index contributed by atoms with van der Waals surface area (Å²) in [6, 6.07) is 5.40. The highest BCUT2D eigenvalue weighted by Crippen LogP contribution is 2.19. The van der Waals surface area contributed by atoms with Crippen LogP contribution in [0.15, 0.2) is 30.6 Å². The van der Waals surface area contributed by atoms with Crippen LogP contribution in [-0.4, -0.2) is 66.6 Å². The van der Waals surface area contributed by atoms with Crippen molar-refractivity contribution >= 4 is 23.4 Å². The van der Waals surface area contributed by atoms with Gasteiger partial charge in [0.15, 0.2) is 0 Å². The van der Waals surface area contributed by atoms with Gasteiger partial charge in [0.25, 0.3) is 5.91 Å². The Morgan fingerprint density at radius 3 is 2.50 bits per heavy atom. The minimum atomic E-state index is -0.246. The summed E-state index contributed by atoms with van der Waals surface area (Å²) >= 11 is 0. The first-order valence-electron chi connectivity index (χ1n) is 10.2. The van der Waals surface area contributed by atoms with Crippen LogP contribution in [0.5, 0.6) is 0 Å². The number of carbonyl (C=O) groups excluding carboxylic acids is 2. The van der Waals surface area contributed by atoms with E-state index in [1.54, 1.807) is 25.5 Å². The lowest BCUT2D eigenvalue weighted by Crippen LogP contribution is -2.46. The smallest absolute Gasteiger partial charge is 0.320 e. The number of pyridine rings is 2. The Labute approximate surface area is 176 Å². The first kappa shape index (κ1) is 21.5. The molecule has 9 heteroatoms. The van der Waals surface area contributed by atoms with Gasteiger partial charge in [-0.1, -0.05) is 0 Å². The third kappa shape index (κ3) is 5.44. The number of urea groups is 1. The Kier molecular flexibility index (Phi) is 7.18. The van der Waals surface area contributed by atoms with E-state index >= 15 is 0 Å². The number of carbonyl (C=O) groups is 2. The fourth-order valence-corrected chi connectivity index (χ4v) is 3.37. The van der Waals surface area contributed by atoms with E-state index in [1.807, 2.05) is 26.0 Å². The highest BCUT2D eigenvalue weighted by molar-refractivity contribution is 5.92. The van der Waals surface area contributed by atoms with Gasteiger partial charge < -0.3 is 15.5 Å². The van der Waals surface area contributed by atoms with Crippen LogP contribution in [0.1, 0.15) is 28.5 Å². The lowest BCUT2D eigenvalue weighted by Gasteiger charge is -2.36. The molecular weight excluding hydrogens is 382 g/mol. The number of hydrogen-bond donors (Lipinski definition) is 3. The average molecular weight is 412 g/mol. The van der Waals surface area contributed by atoms with Crippen LogP contribution in [0.3, 0.4) is 0 Å². The molecule has 0 aromatic carbocycles. The van der Waals surface area contributed by atoms with E-state index in [-0.39, 0.29) is 11.9 Å². The molecule has 1 aliphatic rings. The van der Waals surface area contributed by atoms with Gasteiger partial charge in [0.2, 0.25) is 0 Å². The lowest BCUT2D eigenvalue weighted by atomic mass is 10.1. The summed E-state index contributed by atoms with van der Waals surface area (Å²) < 4.78 is 0. The number of aromatic nitrogens is 2. The van der Waals surface area contributed by atoms with Crippen LogP contribution in [-0.2, 0) is 6.54 Å². The second-order valence-corrected chi connectivity index (χ2v) is 7.22. The predicted molar refractivity (Wildman–Crippen MR) is 117 cm³/mol. The SMILES string of the molecule is CCNC(=O)Nc1cc(CN2CCN(c3ccc(C(=O)NC)nc3)CC2)c(C)cn1. The van der Waals surface area contributed by atoms with E-state index in [4.69, 9.17) is 0 Å². The van der Waals surface area contributed by atoms with Gasteiger partial charge in [-0.05, 0) is 43.2 Å². The maximum atomic E-state index is 11.7. The Morgan fingerprint density at radius 1 is 1.10 bits per heavy atom. The molecule has 0 bridgehead atoms. The molecule has 2 aromatic heterocycles. The molecule has 3 rings (SSSR count). The average Bonchev–Trinajstić information content (AvgIpc) is 2.76. The first-order valence-corrected chi connectivity index (χ1v) is 10.2. The van der Waals surface area contributed by atoms with Crippen molar-refractivity contribution in [3.05, 3.63) is 47.4 Å². The van der Waals surface area contributed by atoms with Crippen molar-refractivity contribution in [2.45, 2.75) is 20.4 Å². The highest BCUT2D eigenvalue weighted by Gasteiger charge is 2.19. The molecule has 160 valence electrons. The lowest BCUT2D eigenvalue weighted by molar-refractivity contribution is 0.0958. The summed E-state index contributed by atoms with van der Waals surface area (Å²) in [4.78, 5) is 36.6. The Morgan fingerprint density at radius 2 is 1.87 bits per heavy atom. The van der Waals surface area contributed by atoms with Crippen LogP contribution in [0, 0.1) is 6.92 Å². The van der Waals surface area contributed by atoms with E-state index < -0.39 is 0 Å². The van der Waals surface area contributed by atoms with Gasteiger partial charge in [-0.15, -0.1) is 0 Å². The molecule has 1 saturated heterocycles. The maximum Gasteiger partial charge on any atom is 0.320 e. The molecule has 1 fully saturated rings. The number of piperazine rings is 1. The van der Waals surface area contributed by atoms with Crippen molar-refractivity contribution < 1.29 is 9.59 Å². The van der Waals surface area contributed by atoms with Gasteiger partial charge in [0.1, 0.15) is 11.5 Å². The maximum absolute atomic E-state index is 11.7. The second kappa shape index (κ2) is 10.0. The molecule has 0 radical (unpaired) electrons. The summed E-state index contributed by atoms with van der Waals surface area (Å²) in [5.74, 6) is 0.377. The van der Waals surface area contributed by atoms with Crippen LogP contribution >= 0.6 is 0 Å². The minimum Gasteiger partial charge on any atom is -0.368 e. The van der Waals surface area contributed by atoms with Gasteiger partial charge in [-0.25, -0.2) is 14.8 Å². The van der Waals surface area contributed by atoms with E-state index in [9.17, 15) is 9.59 Å². The fourth-order valence-electron chi connectivity index (χ4n) is 3.37. The molecule has 0 unspecified atom stereocenters. The molecule has 0 aliphatic carbocycles. The molecule has 0 spiro atoms. The van der Waals surface area contributed by atoms with Crippen molar-refractivity contribution in [3.8, 4) is 0 Å². The van der Waals surface area contributed by atoms with Crippen LogP contribution < -0.4 is 20.9 Å². The van der Waals surface area contributed by atoms with Crippen molar-refractivity contribution in [2.75, 3.05) is 50.0 Å². The van der Waals surface area contributed by atoms with Gasteiger partial charge >= 0.3 is 6.03 Å². The van der Waals surface area contributed by atoms with Crippen molar-refractivity contribution in [1.29, 1.82) is 0 Å². The van der Waals surface area contributed by atoms with Crippen LogP contribution in [0.4, 0.5) is 16.3 Å². The van der Waals surface area contributed by atoms with E-state index in [1.165, 1.54) is 0 Å². The molecule has 3 N–H and O–H groups in total. The summed E-state index contributed by atoms with van der Waals surface area (Å²) in [6.07, 6.45) is 3.55. The molecule has 3 heterocycles. The number of amides is 3. The topological polar surface area (TPSA) is 102 Å².